The van der Waals surface area contributed by atoms with Crippen molar-refractivity contribution in [1.29, 1.82) is 0 Å². The van der Waals surface area contributed by atoms with Crippen LogP contribution in [-0.2, 0) is 14.4 Å². The zero-order chi connectivity index (χ0) is 24.1. The minimum Gasteiger partial charge on any atom is -0.497 e. The number of methoxy groups -OCH3 is 1. The Labute approximate surface area is 208 Å². The molecule has 0 saturated carbocycles. The summed E-state index contributed by atoms with van der Waals surface area (Å²) in [6.07, 6.45) is 0.112. The molecule has 1 aliphatic rings. The summed E-state index contributed by atoms with van der Waals surface area (Å²) >= 11 is 8.30. The maximum atomic E-state index is 12.7. The molecule has 12 heteroatoms. The Morgan fingerprint density at radius 1 is 1.15 bits per heavy atom. The Hall–Kier alpha value is -3.15. The van der Waals surface area contributed by atoms with Gasteiger partial charge in [0.05, 0.1) is 18.8 Å². The quantitative estimate of drug-likeness (QED) is 0.344. The molecule has 0 aliphatic carbocycles. The molecule has 1 saturated heterocycles. The van der Waals surface area contributed by atoms with Gasteiger partial charge in [0.2, 0.25) is 22.9 Å². The first-order valence-corrected chi connectivity index (χ1v) is 12.4. The van der Waals surface area contributed by atoms with Gasteiger partial charge < -0.3 is 20.3 Å². The monoisotopic (exact) mass is 517 g/mol. The van der Waals surface area contributed by atoms with Gasteiger partial charge in [0.25, 0.3) is 0 Å². The average molecular weight is 518 g/mol. The van der Waals surface area contributed by atoms with Crippen LogP contribution in [0.25, 0.3) is 0 Å². The van der Waals surface area contributed by atoms with E-state index in [1.54, 1.807) is 60.5 Å². The number of nitrogens with one attached hydrogen (secondary N) is 2. The number of hydrogen-bond donors (Lipinski definition) is 2. The molecule has 3 aromatic rings. The van der Waals surface area contributed by atoms with Gasteiger partial charge in [0.15, 0.2) is 4.34 Å². The third-order valence-electron chi connectivity index (χ3n) is 4.97. The number of thioether (sulfide) groups is 1. The van der Waals surface area contributed by atoms with Gasteiger partial charge in [-0.05, 0) is 48.5 Å². The molecule has 0 unspecified atom stereocenters. The van der Waals surface area contributed by atoms with Crippen molar-refractivity contribution in [2.75, 3.05) is 34.9 Å². The number of amides is 3. The van der Waals surface area contributed by atoms with Crippen molar-refractivity contribution in [3.05, 3.63) is 53.6 Å². The SMILES string of the molecule is COc1ccc(NC(=O)CSc2nnc(NC(=O)[C@@H]3CC(=O)N(c4ccc(Cl)cc4)C3)s2)cc1. The Balaban J connectivity index is 1.26. The molecule has 2 N–H and O–H groups in total. The van der Waals surface area contributed by atoms with Crippen LogP contribution in [0.4, 0.5) is 16.5 Å². The molecular weight excluding hydrogens is 498 g/mol. The van der Waals surface area contributed by atoms with Crippen molar-refractivity contribution < 1.29 is 19.1 Å². The molecule has 1 aliphatic heterocycles. The van der Waals surface area contributed by atoms with Gasteiger partial charge >= 0.3 is 0 Å². The van der Waals surface area contributed by atoms with Gasteiger partial charge in [-0.2, -0.15) is 0 Å². The molecule has 1 atom stereocenters. The molecule has 176 valence electrons. The van der Waals surface area contributed by atoms with Gasteiger partial charge in [0.1, 0.15) is 5.75 Å². The first kappa shape index (κ1) is 24.0. The van der Waals surface area contributed by atoms with E-state index in [9.17, 15) is 14.4 Å². The standard InChI is InChI=1S/C22H20ClN5O4S2/c1-32-17-8-4-15(5-9-17)24-18(29)12-33-22-27-26-21(34-22)25-20(31)13-10-19(30)28(11-13)16-6-2-14(23)3-7-16/h2-9,13H,10-12H2,1H3,(H,24,29)(H,25,26,31)/t13-/m1/s1. The first-order chi connectivity index (χ1) is 16.4. The number of halogens is 1. The fourth-order valence-corrected chi connectivity index (χ4v) is 4.96. The Bertz CT molecular complexity index is 1190. The highest BCUT2D eigenvalue weighted by molar-refractivity contribution is 8.01. The molecule has 0 bridgehead atoms. The second kappa shape index (κ2) is 10.9. The summed E-state index contributed by atoms with van der Waals surface area (Å²) in [6.45, 7) is 0.276. The molecule has 3 amide bonds. The number of rotatable bonds is 8. The molecule has 34 heavy (non-hydrogen) atoms. The minimum absolute atomic E-state index is 0.112. The lowest BCUT2D eigenvalue weighted by Crippen LogP contribution is -2.28. The van der Waals surface area contributed by atoms with Crippen molar-refractivity contribution in [2.45, 2.75) is 10.8 Å². The van der Waals surface area contributed by atoms with E-state index in [0.29, 0.717) is 31.6 Å². The van der Waals surface area contributed by atoms with Gasteiger partial charge in [-0.1, -0.05) is 34.7 Å². The number of carbonyl (C=O) groups excluding carboxylic acids is 3. The van der Waals surface area contributed by atoms with E-state index in [-0.39, 0.29) is 36.4 Å². The summed E-state index contributed by atoms with van der Waals surface area (Å²) in [5, 5.41) is 14.4. The third kappa shape index (κ3) is 6.04. The molecule has 1 aromatic heterocycles. The number of aromatic nitrogens is 2. The van der Waals surface area contributed by atoms with Gasteiger partial charge in [-0.15, -0.1) is 10.2 Å². The van der Waals surface area contributed by atoms with Crippen LogP contribution in [0, 0.1) is 5.92 Å². The molecule has 0 radical (unpaired) electrons. The lowest BCUT2D eigenvalue weighted by atomic mass is 10.1. The fraction of sp³-hybridized carbons (Fsp3) is 0.227. The molecule has 0 spiro atoms. The smallest absolute Gasteiger partial charge is 0.234 e. The van der Waals surface area contributed by atoms with E-state index >= 15 is 0 Å². The molecular formula is C22H20ClN5O4S2. The van der Waals surface area contributed by atoms with Gasteiger partial charge in [-0.25, -0.2) is 0 Å². The number of carbonyl (C=O) groups is 3. The van der Waals surface area contributed by atoms with E-state index in [1.165, 1.54) is 23.1 Å². The predicted molar refractivity (Wildman–Crippen MR) is 133 cm³/mol. The minimum atomic E-state index is -0.501. The van der Waals surface area contributed by atoms with Crippen LogP contribution in [0.1, 0.15) is 6.42 Å². The maximum absolute atomic E-state index is 12.7. The van der Waals surface area contributed by atoms with E-state index in [1.807, 2.05) is 0 Å². The summed E-state index contributed by atoms with van der Waals surface area (Å²) in [5.74, 6) is -0.271. The molecule has 9 nitrogen and oxygen atoms in total. The number of benzene rings is 2. The summed E-state index contributed by atoms with van der Waals surface area (Å²) in [7, 11) is 1.58. The highest BCUT2D eigenvalue weighted by atomic mass is 35.5. The van der Waals surface area contributed by atoms with Crippen molar-refractivity contribution in [1.82, 2.24) is 10.2 Å². The van der Waals surface area contributed by atoms with Crippen LogP contribution in [0.2, 0.25) is 5.02 Å². The summed E-state index contributed by atoms with van der Waals surface area (Å²) in [6, 6.07) is 13.9. The van der Waals surface area contributed by atoms with E-state index < -0.39 is 5.92 Å². The van der Waals surface area contributed by atoms with E-state index in [2.05, 4.69) is 20.8 Å². The zero-order valence-electron chi connectivity index (χ0n) is 18.0. The van der Waals surface area contributed by atoms with Crippen molar-refractivity contribution in [2.24, 2.45) is 5.92 Å². The zero-order valence-corrected chi connectivity index (χ0v) is 20.4. The van der Waals surface area contributed by atoms with E-state index in [4.69, 9.17) is 16.3 Å². The highest BCUT2D eigenvalue weighted by Crippen LogP contribution is 2.29. The Morgan fingerprint density at radius 2 is 1.88 bits per heavy atom. The fourth-order valence-electron chi connectivity index (χ4n) is 3.28. The lowest BCUT2D eigenvalue weighted by molar-refractivity contribution is -0.122. The molecule has 2 heterocycles. The number of ether oxygens (including phenoxy) is 1. The molecule has 2 aromatic carbocycles. The second-order valence-electron chi connectivity index (χ2n) is 7.31. The summed E-state index contributed by atoms with van der Waals surface area (Å²) in [5.41, 5.74) is 1.36. The van der Waals surface area contributed by atoms with Crippen LogP contribution in [0.15, 0.2) is 52.9 Å². The second-order valence-corrected chi connectivity index (χ2v) is 9.95. The predicted octanol–water partition coefficient (Wildman–Crippen LogP) is 3.92. The largest absolute Gasteiger partial charge is 0.497 e. The molecule has 1 fully saturated rings. The number of anilines is 3. The van der Waals surface area contributed by atoms with E-state index in [0.717, 1.165) is 0 Å². The molecule has 4 rings (SSSR count). The van der Waals surface area contributed by atoms with Gasteiger partial charge in [0, 0.05) is 29.4 Å². The normalized spacial score (nSPS) is 15.3. The van der Waals surface area contributed by atoms with Crippen molar-refractivity contribution in [3.63, 3.8) is 0 Å². The maximum Gasteiger partial charge on any atom is 0.234 e. The van der Waals surface area contributed by atoms with Crippen LogP contribution in [0.3, 0.4) is 0 Å². The highest BCUT2D eigenvalue weighted by Gasteiger charge is 2.35. The Kier molecular flexibility index (Phi) is 7.66. The van der Waals surface area contributed by atoms with Gasteiger partial charge in [-0.3, -0.25) is 14.4 Å². The van der Waals surface area contributed by atoms with Crippen molar-refractivity contribution in [3.8, 4) is 5.75 Å². The average Bonchev–Trinajstić information content (AvgIpc) is 3.45. The van der Waals surface area contributed by atoms with Crippen molar-refractivity contribution >= 4 is 68.9 Å². The number of nitrogens with zero attached hydrogens (tertiary/aromatic N) is 3. The summed E-state index contributed by atoms with van der Waals surface area (Å²) in [4.78, 5) is 38.8. The summed E-state index contributed by atoms with van der Waals surface area (Å²) < 4.78 is 5.64. The number of hydrogen-bond acceptors (Lipinski definition) is 8. The topological polar surface area (TPSA) is 114 Å². The van der Waals surface area contributed by atoms with Crippen LogP contribution in [-0.4, -0.2) is 47.3 Å². The van der Waals surface area contributed by atoms with Crippen LogP contribution in [0.5, 0.6) is 5.75 Å². The Morgan fingerprint density at radius 3 is 2.59 bits per heavy atom. The van der Waals surface area contributed by atoms with Crippen LogP contribution >= 0.6 is 34.7 Å². The lowest BCUT2D eigenvalue weighted by Gasteiger charge is -2.16. The first-order valence-electron chi connectivity index (χ1n) is 10.2. The van der Waals surface area contributed by atoms with Crippen LogP contribution < -0.4 is 20.3 Å². The third-order valence-corrected chi connectivity index (χ3v) is 7.20.